The first-order valence-electron chi connectivity index (χ1n) is 8.38. The summed E-state index contributed by atoms with van der Waals surface area (Å²) in [7, 11) is -3.20. The van der Waals surface area contributed by atoms with E-state index in [9.17, 15) is 8.42 Å². The molecule has 2 atom stereocenters. The van der Waals surface area contributed by atoms with Gasteiger partial charge in [-0.1, -0.05) is 12.1 Å². The van der Waals surface area contributed by atoms with Gasteiger partial charge in [0.2, 0.25) is 10.0 Å². The van der Waals surface area contributed by atoms with Gasteiger partial charge in [-0.15, -0.1) is 0 Å². The fourth-order valence-electron chi connectivity index (χ4n) is 2.89. The van der Waals surface area contributed by atoms with E-state index in [1.54, 1.807) is 6.92 Å². The van der Waals surface area contributed by atoms with Crippen molar-refractivity contribution in [3.05, 3.63) is 29.8 Å². The van der Waals surface area contributed by atoms with Gasteiger partial charge in [0, 0.05) is 18.6 Å². The van der Waals surface area contributed by atoms with Crippen molar-refractivity contribution in [2.45, 2.75) is 38.1 Å². The monoisotopic (exact) mass is 339 g/mol. The highest BCUT2D eigenvalue weighted by Gasteiger charge is 2.29. The fraction of sp³-hybridized carbons (Fsp3) is 0.647. The summed E-state index contributed by atoms with van der Waals surface area (Å²) in [4.78, 5) is 0. The van der Waals surface area contributed by atoms with E-state index < -0.39 is 10.0 Å². The van der Waals surface area contributed by atoms with Crippen LogP contribution in [0.3, 0.4) is 0 Å². The van der Waals surface area contributed by atoms with E-state index in [1.165, 1.54) is 18.4 Å². The maximum atomic E-state index is 11.8. The molecule has 1 heterocycles. The van der Waals surface area contributed by atoms with Crippen molar-refractivity contribution in [2.75, 3.05) is 25.6 Å². The average molecular weight is 339 g/mol. The van der Waals surface area contributed by atoms with Crippen molar-refractivity contribution in [3.8, 4) is 5.75 Å². The Balaban J connectivity index is 1.56. The molecule has 0 amide bonds. The second-order valence-corrected chi connectivity index (χ2v) is 8.45. The predicted molar refractivity (Wildman–Crippen MR) is 89.2 cm³/mol. The first kappa shape index (κ1) is 16.7. The molecule has 0 aromatic heterocycles. The van der Waals surface area contributed by atoms with E-state index >= 15 is 0 Å². The summed E-state index contributed by atoms with van der Waals surface area (Å²) in [6.07, 6.45) is 3.27. The summed E-state index contributed by atoms with van der Waals surface area (Å²) in [5, 5.41) is 0. The van der Waals surface area contributed by atoms with Crippen molar-refractivity contribution in [1.82, 2.24) is 4.72 Å². The standard InChI is InChI=1S/C17H25NO4S/c1-2-23(19,20)18-17-9-10-21-11-15(17)12-22-16-7-5-14(6-8-16)13-3-4-13/h5-8,13,15,17-18H,2-4,9-12H2,1H3/t15-,17+/m0/s1. The van der Waals surface area contributed by atoms with E-state index in [2.05, 4.69) is 16.9 Å². The van der Waals surface area contributed by atoms with E-state index in [4.69, 9.17) is 9.47 Å². The number of rotatable bonds is 7. The van der Waals surface area contributed by atoms with Gasteiger partial charge < -0.3 is 9.47 Å². The third-order valence-electron chi connectivity index (χ3n) is 4.58. The Morgan fingerprint density at radius 1 is 1.22 bits per heavy atom. The molecule has 5 nitrogen and oxygen atoms in total. The molecular weight excluding hydrogens is 314 g/mol. The van der Waals surface area contributed by atoms with Crippen LogP contribution in [0.1, 0.15) is 37.7 Å². The maximum Gasteiger partial charge on any atom is 0.211 e. The molecular formula is C17H25NO4S. The van der Waals surface area contributed by atoms with Crippen LogP contribution in [0, 0.1) is 5.92 Å². The molecule has 1 aliphatic carbocycles. The van der Waals surface area contributed by atoms with Gasteiger partial charge in [0.1, 0.15) is 5.75 Å². The van der Waals surface area contributed by atoms with Crippen molar-refractivity contribution in [2.24, 2.45) is 5.92 Å². The Morgan fingerprint density at radius 2 is 1.96 bits per heavy atom. The smallest absolute Gasteiger partial charge is 0.211 e. The van der Waals surface area contributed by atoms with Crippen molar-refractivity contribution >= 4 is 10.0 Å². The first-order valence-corrected chi connectivity index (χ1v) is 10.0. The van der Waals surface area contributed by atoms with E-state index in [0.29, 0.717) is 26.2 Å². The lowest BCUT2D eigenvalue weighted by atomic mass is 9.98. The number of hydrogen-bond acceptors (Lipinski definition) is 4. The van der Waals surface area contributed by atoms with Crippen LogP contribution in [-0.4, -0.2) is 40.0 Å². The molecule has 0 radical (unpaired) electrons. The molecule has 3 rings (SSSR count). The molecule has 2 aliphatic rings. The molecule has 0 bridgehead atoms. The largest absolute Gasteiger partial charge is 0.493 e. The Bertz CT molecular complexity index is 610. The molecule has 1 aliphatic heterocycles. The maximum absolute atomic E-state index is 11.8. The number of benzene rings is 1. The molecule has 1 aromatic carbocycles. The second kappa shape index (κ2) is 7.20. The zero-order chi connectivity index (χ0) is 16.3. The van der Waals surface area contributed by atoms with Crippen LogP contribution >= 0.6 is 0 Å². The third-order valence-corrected chi connectivity index (χ3v) is 6.00. The van der Waals surface area contributed by atoms with Gasteiger partial charge in [-0.2, -0.15) is 0 Å². The molecule has 6 heteroatoms. The quantitative estimate of drug-likeness (QED) is 0.828. The summed E-state index contributed by atoms with van der Waals surface area (Å²) in [6, 6.07) is 8.15. The fourth-order valence-corrected chi connectivity index (χ4v) is 3.82. The van der Waals surface area contributed by atoms with Crippen LogP contribution in [0.5, 0.6) is 5.75 Å². The molecule has 2 fully saturated rings. The topological polar surface area (TPSA) is 64.6 Å². The highest BCUT2D eigenvalue weighted by Crippen LogP contribution is 2.40. The lowest BCUT2D eigenvalue weighted by Crippen LogP contribution is -2.47. The molecule has 1 N–H and O–H groups in total. The molecule has 23 heavy (non-hydrogen) atoms. The predicted octanol–water partition coefficient (Wildman–Crippen LogP) is 2.29. The minimum absolute atomic E-state index is 0.0354. The summed E-state index contributed by atoms with van der Waals surface area (Å²) >= 11 is 0. The van der Waals surface area contributed by atoms with Crippen LogP contribution in [0.25, 0.3) is 0 Å². The molecule has 0 spiro atoms. The molecule has 1 saturated heterocycles. The van der Waals surface area contributed by atoms with E-state index in [-0.39, 0.29) is 17.7 Å². The van der Waals surface area contributed by atoms with Crippen LogP contribution < -0.4 is 9.46 Å². The van der Waals surface area contributed by atoms with Crippen LogP contribution in [0.15, 0.2) is 24.3 Å². The lowest BCUT2D eigenvalue weighted by molar-refractivity contribution is 0.0186. The number of sulfonamides is 1. The van der Waals surface area contributed by atoms with Crippen molar-refractivity contribution < 1.29 is 17.9 Å². The molecule has 0 unspecified atom stereocenters. The SMILES string of the molecule is CCS(=O)(=O)N[C@@H]1CCOC[C@H]1COc1ccc(C2CC2)cc1. The number of nitrogens with one attached hydrogen (secondary N) is 1. The van der Waals surface area contributed by atoms with Gasteiger partial charge in [-0.05, 0) is 49.8 Å². The highest BCUT2D eigenvalue weighted by atomic mass is 32.2. The summed E-state index contributed by atoms with van der Waals surface area (Å²) < 4.78 is 37.7. The first-order chi connectivity index (χ1) is 11.1. The summed E-state index contributed by atoms with van der Waals surface area (Å²) in [5.74, 6) is 1.70. The normalized spacial score (nSPS) is 25.3. The van der Waals surface area contributed by atoms with Gasteiger partial charge in [0.05, 0.1) is 19.0 Å². The number of ether oxygens (including phenoxy) is 2. The molecule has 128 valence electrons. The Kier molecular flexibility index (Phi) is 5.24. The van der Waals surface area contributed by atoms with E-state index in [1.807, 2.05) is 12.1 Å². The average Bonchev–Trinajstić information content (AvgIpc) is 3.39. The van der Waals surface area contributed by atoms with Crippen LogP contribution in [0.4, 0.5) is 0 Å². The van der Waals surface area contributed by atoms with E-state index in [0.717, 1.165) is 11.7 Å². The second-order valence-electron chi connectivity index (χ2n) is 6.41. The highest BCUT2D eigenvalue weighted by molar-refractivity contribution is 7.89. The third kappa shape index (κ3) is 4.68. The number of hydrogen-bond donors (Lipinski definition) is 1. The Labute approximate surface area is 138 Å². The Hall–Kier alpha value is -1.11. The van der Waals surface area contributed by atoms with Crippen molar-refractivity contribution in [1.29, 1.82) is 0 Å². The van der Waals surface area contributed by atoms with Crippen LogP contribution in [-0.2, 0) is 14.8 Å². The van der Waals surface area contributed by atoms with Gasteiger partial charge in [0.25, 0.3) is 0 Å². The molecule has 1 aromatic rings. The van der Waals surface area contributed by atoms with Crippen LogP contribution in [0.2, 0.25) is 0 Å². The summed E-state index contributed by atoms with van der Waals surface area (Å²) in [6.45, 7) is 3.22. The van der Waals surface area contributed by atoms with Gasteiger partial charge in [-0.3, -0.25) is 0 Å². The molecule has 1 saturated carbocycles. The minimum atomic E-state index is -3.20. The zero-order valence-electron chi connectivity index (χ0n) is 13.5. The lowest BCUT2D eigenvalue weighted by Gasteiger charge is -2.31. The van der Waals surface area contributed by atoms with Gasteiger partial charge in [0.15, 0.2) is 0 Å². The van der Waals surface area contributed by atoms with Gasteiger partial charge in [-0.25, -0.2) is 13.1 Å². The minimum Gasteiger partial charge on any atom is -0.493 e. The Morgan fingerprint density at radius 3 is 2.61 bits per heavy atom. The van der Waals surface area contributed by atoms with Gasteiger partial charge >= 0.3 is 0 Å². The summed E-state index contributed by atoms with van der Waals surface area (Å²) in [5.41, 5.74) is 1.38. The van der Waals surface area contributed by atoms with Crippen molar-refractivity contribution in [3.63, 3.8) is 0 Å². The zero-order valence-corrected chi connectivity index (χ0v) is 14.3.